The van der Waals surface area contributed by atoms with E-state index in [1.807, 2.05) is 0 Å². The summed E-state index contributed by atoms with van der Waals surface area (Å²) in [6, 6.07) is 2.74. The van der Waals surface area contributed by atoms with Gasteiger partial charge in [0.05, 0.1) is 5.69 Å². The Hall–Kier alpha value is -0.750. The molecule has 3 heterocycles. The highest BCUT2D eigenvalue weighted by molar-refractivity contribution is 7.14. The summed E-state index contributed by atoms with van der Waals surface area (Å²) in [5.41, 5.74) is 2.46. The number of hydrogen-bond acceptors (Lipinski definition) is 5. The molecule has 0 saturated carbocycles. The minimum absolute atomic E-state index is 0.602. The smallest absolute Gasteiger partial charge is 0.124 e. The molecule has 1 N–H and O–H groups in total. The van der Waals surface area contributed by atoms with Crippen LogP contribution in [-0.2, 0) is 6.54 Å². The fraction of sp³-hybridized carbons (Fsp3) is 0.462. The molecule has 1 aliphatic heterocycles. The van der Waals surface area contributed by atoms with E-state index in [2.05, 4.69) is 39.3 Å². The number of thiophene rings is 1. The third-order valence-electron chi connectivity index (χ3n) is 3.32. The Bertz CT molecular complexity index is 492. The second kappa shape index (κ2) is 5.48. The molecule has 0 amide bonds. The summed E-state index contributed by atoms with van der Waals surface area (Å²) < 4.78 is 0. The maximum absolute atomic E-state index is 4.74. The number of aromatic nitrogens is 1. The van der Waals surface area contributed by atoms with Crippen molar-refractivity contribution in [3.05, 3.63) is 27.9 Å². The average molecular weight is 279 g/mol. The summed E-state index contributed by atoms with van der Waals surface area (Å²) in [5, 5.41) is 11.0. The Morgan fingerprint density at radius 1 is 1.50 bits per heavy atom. The van der Waals surface area contributed by atoms with Crippen LogP contribution in [0.1, 0.15) is 12.6 Å². The lowest BCUT2D eigenvalue weighted by Gasteiger charge is -2.33. The zero-order chi connectivity index (χ0) is 12.4. The van der Waals surface area contributed by atoms with Crippen LogP contribution in [0.2, 0.25) is 0 Å². The van der Waals surface area contributed by atoms with Gasteiger partial charge in [-0.1, -0.05) is 0 Å². The van der Waals surface area contributed by atoms with Gasteiger partial charge in [0.25, 0.3) is 0 Å². The molecule has 5 heteroatoms. The first-order valence-electron chi connectivity index (χ1n) is 6.24. The number of nitrogens with one attached hydrogen (secondary N) is 1. The second-order valence-electron chi connectivity index (χ2n) is 4.68. The summed E-state index contributed by atoms with van der Waals surface area (Å²) in [6.45, 7) is 6.54. The first kappa shape index (κ1) is 12.3. The Balaban J connectivity index is 1.70. The van der Waals surface area contributed by atoms with Gasteiger partial charge in [-0.3, -0.25) is 4.90 Å². The average Bonchev–Trinajstić information content (AvgIpc) is 3.02. The number of thiazole rings is 1. The normalized spacial score (nSPS) is 21.3. The van der Waals surface area contributed by atoms with E-state index in [-0.39, 0.29) is 0 Å². The van der Waals surface area contributed by atoms with Gasteiger partial charge in [-0.05, 0) is 18.4 Å². The molecule has 2 aromatic heterocycles. The summed E-state index contributed by atoms with van der Waals surface area (Å²) in [6.07, 6.45) is 0. The van der Waals surface area contributed by atoms with Crippen molar-refractivity contribution in [3.63, 3.8) is 0 Å². The molecule has 3 nitrogen and oxygen atoms in total. The van der Waals surface area contributed by atoms with Gasteiger partial charge in [-0.25, -0.2) is 4.98 Å². The summed E-state index contributed by atoms with van der Waals surface area (Å²) in [4.78, 5) is 7.25. The van der Waals surface area contributed by atoms with Crippen LogP contribution >= 0.6 is 22.7 Å². The highest BCUT2D eigenvalue weighted by Gasteiger charge is 2.18. The fourth-order valence-corrected chi connectivity index (χ4v) is 3.75. The molecule has 1 aliphatic rings. The molecule has 1 fully saturated rings. The lowest BCUT2D eigenvalue weighted by Crippen LogP contribution is -2.49. The van der Waals surface area contributed by atoms with E-state index in [0.29, 0.717) is 6.04 Å². The van der Waals surface area contributed by atoms with Gasteiger partial charge in [0.2, 0.25) is 0 Å². The van der Waals surface area contributed by atoms with Crippen LogP contribution in [0.5, 0.6) is 0 Å². The van der Waals surface area contributed by atoms with Crippen molar-refractivity contribution in [1.29, 1.82) is 0 Å². The Labute approximate surface area is 115 Å². The second-order valence-corrected chi connectivity index (χ2v) is 6.32. The van der Waals surface area contributed by atoms with Crippen molar-refractivity contribution in [2.75, 3.05) is 19.6 Å². The van der Waals surface area contributed by atoms with Crippen molar-refractivity contribution < 1.29 is 0 Å². The first-order valence-corrected chi connectivity index (χ1v) is 8.07. The van der Waals surface area contributed by atoms with E-state index < -0.39 is 0 Å². The highest BCUT2D eigenvalue weighted by Crippen LogP contribution is 2.26. The minimum Gasteiger partial charge on any atom is -0.314 e. The SMILES string of the molecule is C[C@@H]1CNCCN1Cc1csc(-c2ccsc2)n1. The molecular formula is C13H17N3S2. The first-order chi connectivity index (χ1) is 8.83. The zero-order valence-electron chi connectivity index (χ0n) is 10.4. The maximum Gasteiger partial charge on any atom is 0.124 e. The lowest BCUT2D eigenvalue weighted by atomic mass is 10.2. The molecule has 3 rings (SSSR count). The van der Waals surface area contributed by atoms with Crippen LogP contribution in [-0.4, -0.2) is 35.6 Å². The van der Waals surface area contributed by atoms with E-state index in [1.54, 1.807) is 22.7 Å². The fourth-order valence-electron chi connectivity index (χ4n) is 2.22. The van der Waals surface area contributed by atoms with Crippen molar-refractivity contribution in [2.45, 2.75) is 19.5 Å². The highest BCUT2D eigenvalue weighted by atomic mass is 32.1. The van der Waals surface area contributed by atoms with E-state index in [0.717, 1.165) is 31.2 Å². The quantitative estimate of drug-likeness (QED) is 0.936. The number of rotatable bonds is 3. The van der Waals surface area contributed by atoms with Gasteiger partial charge >= 0.3 is 0 Å². The van der Waals surface area contributed by atoms with Gasteiger partial charge in [0, 0.05) is 48.5 Å². The predicted octanol–water partition coefficient (Wildman–Crippen LogP) is 2.67. The molecule has 0 aliphatic carbocycles. The number of piperazine rings is 1. The zero-order valence-corrected chi connectivity index (χ0v) is 12.1. The van der Waals surface area contributed by atoms with E-state index in [9.17, 15) is 0 Å². The molecule has 2 aromatic rings. The Morgan fingerprint density at radius 2 is 2.44 bits per heavy atom. The minimum atomic E-state index is 0.602. The van der Waals surface area contributed by atoms with Gasteiger partial charge in [-0.2, -0.15) is 11.3 Å². The third kappa shape index (κ3) is 2.64. The molecule has 0 spiro atoms. The molecule has 1 atom stereocenters. The van der Waals surface area contributed by atoms with Gasteiger partial charge < -0.3 is 5.32 Å². The van der Waals surface area contributed by atoms with Crippen LogP contribution < -0.4 is 5.32 Å². The van der Waals surface area contributed by atoms with Gasteiger partial charge in [0.15, 0.2) is 0 Å². The molecule has 0 radical (unpaired) electrons. The summed E-state index contributed by atoms with van der Waals surface area (Å²) >= 11 is 3.48. The van der Waals surface area contributed by atoms with Crippen molar-refractivity contribution in [3.8, 4) is 10.6 Å². The molecule has 1 saturated heterocycles. The van der Waals surface area contributed by atoms with Crippen molar-refractivity contribution >= 4 is 22.7 Å². The van der Waals surface area contributed by atoms with Crippen LogP contribution in [0, 0.1) is 0 Å². The monoisotopic (exact) mass is 279 g/mol. The van der Waals surface area contributed by atoms with Crippen molar-refractivity contribution in [1.82, 2.24) is 15.2 Å². The third-order valence-corrected chi connectivity index (χ3v) is 4.95. The largest absolute Gasteiger partial charge is 0.314 e. The standard InChI is InChI=1S/C13H17N3S2/c1-10-6-14-3-4-16(10)7-12-9-18-13(15-12)11-2-5-17-8-11/h2,5,8-10,14H,3-4,6-7H2,1H3/t10-/m1/s1. The summed E-state index contributed by atoms with van der Waals surface area (Å²) in [7, 11) is 0. The summed E-state index contributed by atoms with van der Waals surface area (Å²) in [5.74, 6) is 0. The van der Waals surface area contributed by atoms with E-state index in [4.69, 9.17) is 4.98 Å². The number of hydrogen-bond donors (Lipinski definition) is 1. The van der Waals surface area contributed by atoms with Crippen LogP contribution in [0.15, 0.2) is 22.2 Å². The molecule has 0 unspecified atom stereocenters. The Kier molecular flexibility index (Phi) is 3.75. The topological polar surface area (TPSA) is 28.2 Å². The predicted molar refractivity (Wildman–Crippen MR) is 78.2 cm³/mol. The maximum atomic E-state index is 4.74. The van der Waals surface area contributed by atoms with E-state index in [1.165, 1.54) is 11.3 Å². The Morgan fingerprint density at radius 3 is 3.22 bits per heavy atom. The van der Waals surface area contributed by atoms with Gasteiger partial charge in [-0.15, -0.1) is 11.3 Å². The number of nitrogens with zero attached hydrogens (tertiary/aromatic N) is 2. The molecule has 18 heavy (non-hydrogen) atoms. The molecule has 0 aromatic carbocycles. The van der Waals surface area contributed by atoms with Crippen LogP contribution in [0.25, 0.3) is 10.6 Å². The van der Waals surface area contributed by atoms with E-state index >= 15 is 0 Å². The lowest BCUT2D eigenvalue weighted by molar-refractivity contribution is 0.164. The van der Waals surface area contributed by atoms with Gasteiger partial charge in [0.1, 0.15) is 5.01 Å². The molecule has 96 valence electrons. The van der Waals surface area contributed by atoms with Crippen LogP contribution in [0.3, 0.4) is 0 Å². The van der Waals surface area contributed by atoms with Crippen molar-refractivity contribution in [2.24, 2.45) is 0 Å². The molecule has 0 bridgehead atoms. The molecular weight excluding hydrogens is 262 g/mol. The van der Waals surface area contributed by atoms with Crippen LogP contribution in [0.4, 0.5) is 0 Å².